The van der Waals surface area contributed by atoms with Gasteiger partial charge >= 0.3 is 0 Å². The third kappa shape index (κ3) is 1.96. The SMILES string of the molecule is O=c1[nH]nccc1S(=O)(=O)c1ccccc1F. The highest BCUT2D eigenvalue weighted by atomic mass is 32.2. The molecule has 0 aliphatic rings. The van der Waals surface area contributed by atoms with Gasteiger partial charge in [-0.05, 0) is 18.2 Å². The van der Waals surface area contributed by atoms with Crippen molar-refractivity contribution in [2.45, 2.75) is 9.79 Å². The van der Waals surface area contributed by atoms with Crippen molar-refractivity contribution in [3.63, 3.8) is 0 Å². The predicted octanol–water partition coefficient (Wildman–Crippen LogP) is 0.742. The van der Waals surface area contributed by atoms with E-state index < -0.39 is 31.0 Å². The van der Waals surface area contributed by atoms with Crippen LogP contribution >= 0.6 is 0 Å². The van der Waals surface area contributed by atoms with Crippen molar-refractivity contribution in [3.8, 4) is 0 Å². The van der Waals surface area contributed by atoms with Crippen molar-refractivity contribution in [3.05, 3.63) is 52.7 Å². The van der Waals surface area contributed by atoms with Crippen molar-refractivity contribution in [1.29, 1.82) is 0 Å². The van der Waals surface area contributed by atoms with E-state index in [2.05, 4.69) is 5.10 Å². The number of aromatic nitrogens is 2. The number of rotatable bonds is 2. The van der Waals surface area contributed by atoms with Crippen LogP contribution in [0.25, 0.3) is 0 Å². The Bertz CT molecular complexity index is 709. The van der Waals surface area contributed by atoms with Crippen molar-refractivity contribution < 1.29 is 12.8 Å². The molecule has 7 heteroatoms. The first-order chi connectivity index (χ1) is 8.03. The Morgan fingerprint density at radius 1 is 1.12 bits per heavy atom. The highest BCUT2D eigenvalue weighted by molar-refractivity contribution is 7.91. The van der Waals surface area contributed by atoms with Crippen LogP contribution in [0.2, 0.25) is 0 Å². The Hall–Kier alpha value is -2.02. The van der Waals surface area contributed by atoms with Gasteiger partial charge in [0.05, 0.1) is 0 Å². The molecular formula is C10H7FN2O3S. The minimum Gasteiger partial charge on any atom is -0.267 e. The van der Waals surface area contributed by atoms with E-state index in [1.54, 1.807) is 0 Å². The lowest BCUT2D eigenvalue weighted by Gasteiger charge is -2.03. The second kappa shape index (κ2) is 4.10. The zero-order valence-electron chi connectivity index (χ0n) is 8.42. The number of aromatic amines is 1. The fourth-order valence-corrected chi connectivity index (χ4v) is 2.67. The third-order valence-corrected chi connectivity index (χ3v) is 3.92. The topological polar surface area (TPSA) is 79.9 Å². The van der Waals surface area contributed by atoms with Crippen LogP contribution < -0.4 is 5.56 Å². The van der Waals surface area contributed by atoms with Crippen LogP contribution in [-0.2, 0) is 9.84 Å². The summed E-state index contributed by atoms with van der Waals surface area (Å²) in [6.07, 6.45) is 1.12. The number of sulfone groups is 1. The molecule has 0 aliphatic heterocycles. The maximum absolute atomic E-state index is 13.4. The van der Waals surface area contributed by atoms with Gasteiger partial charge in [0.2, 0.25) is 9.84 Å². The molecule has 0 fully saturated rings. The van der Waals surface area contributed by atoms with Gasteiger partial charge in [0.25, 0.3) is 5.56 Å². The first-order valence-electron chi connectivity index (χ1n) is 4.57. The molecule has 17 heavy (non-hydrogen) atoms. The van der Waals surface area contributed by atoms with Gasteiger partial charge in [0.1, 0.15) is 15.6 Å². The van der Waals surface area contributed by atoms with Crippen LogP contribution in [0.3, 0.4) is 0 Å². The molecule has 0 saturated carbocycles. The smallest absolute Gasteiger partial charge is 0.267 e. The molecule has 2 aromatic rings. The van der Waals surface area contributed by atoms with Crippen LogP contribution in [-0.4, -0.2) is 18.6 Å². The van der Waals surface area contributed by atoms with Crippen molar-refractivity contribution in [2.75, 3.05) is 0 Å². The average molecular weight is 254 g/mol. The van der Waals surface area contributed by atoms with Gasteiger partial charge in [-0.15, -0.1) is 0 Å². The highest BCUT2D eigenvalue weighted by Gasteiger charge is 2.24. The number of benzene rings is 1. The van der Waals surface area contributed by atoms with Gasteiger partial charge in [-0.1, -0.05) is 12.1 Å². The normalized spacial score (nSPS) is 11.4. The second-order valence-electron chi connectivity index (χ2n) is 3.18. The molecule has 1 N–H and O–H groups in total. The maximum atomic E-state index is 13.4. The van der Waals surface area contributed by atoms with Crippen molar-refractivity contribution >= 4 is 9.84 Å². The number of nitrogens with one attached hydrogen (secondary N) is 1. The average Bonchev–Trinajstić information content (AvgIpc) is 2.29. The minimum absolute atomic E-state index is 0.530. The molecule has 0 aliphatic carbocycles. The molecule has 0 bridgehead atoms. The largest absolute Gasteiger partial charge is 0.283 e. The van der Waals surface area contributed by atoms with Gasteiger partial charge in [-0.3, -0.25) is 4.79 Å². The van der Waals surface area contributed by atoms with E-state index in [-0.39, 0.29) is 0 Å². The van der Waals surface area contributed by atoms with Gasteiger partial charge < -0.3 is 0 Å². The number of halogens is 1. The molecule has 1 aromatic carbocycles. The van der Waals surface area contributed by atoms with Crippen molar-refractivity contribution in [2.24, 2.45) is 0 Å². The summed E-state index contributed by atoms with van der Waals surface area (Å²) < 4.78 is 37.4. The monoisotopic (exact) mass is 254 g/mol. The summed E-state index contributed by atoms with van der Waals surface area (Å²) in [4.78, 5) is 10.3. The quantitative estimate of drug-likeness (QED) is 0.857. The summed E-state index contributed by atoms with van der Waals surface area (Å²) in [5.41, 5.74) is -0.879. The van der Waals surface area contributed by atoms with E-state index in [0.29, 0.717) is 0 Å². The van der Waals surface area contributed by atoms with E-state index >= 15 is 0 Å². The molecule has 0 radical (unpaired) electrons. The Morgan fingerprint density at radius 2 is 1.82 bits per heavy atom. The Kier molecular flexibility index (Phi) is 2.76. The molecule has 1 aromatic heterocycles. The van der Waals surface area contributed by atoms with E-state index in [1.807, 2.05) is 5.10 Å². The van der Waals surface area contributed by atoms with Crippen LogP contribution in [0.4, 0.5) is 4.39 Å². The lowest BCUT2D eigenvalue weighted by Crippen LogP contribution is -2.18. The van der Waals surface area contributed by atoms with Crippen LogP contribution in [0.1, 0.15) is 0 Å². The number of nitrogens with zero attached hydrogens (tertiary/aromatic N) is 1. The molecule has 0 atom stereocenters. The maximum Gasteiger partial charge on any atom is 0.283 e. The first-order valence-corrected chi connectivity index (χ1v) is 6.05. The lowest BCUT2D eigenvalue weighted by atomic mass is 10.3. The molecule has 0 amide bonds. The fourth-order valence-electron chi connectivity index (χ4n) is 1.32. The minimum atomic E-state index is -4.16. The van der Waals surface area contributed by atoms with Gasteiger partial charge in [0.15, 0.2) is 0 Å². The molecule has 5 nitrogen and oxygen atoms in total. The van der Waals surface area contributed by atoms with E-state index in [4.69, 9.17) is 0 Å². The molecule has 88 valence electrons. The molecule has 0 spiro atoms. The van der Waals surface area contributed by atoms with E-state index in [0.717, 1.165) is 24.4 Å². The zero-order chi connectivity index (χ0) is 12.5. The molecule has 2 rings (SSSR count). The summed E-state index contributed by atoms with van der Waals surface area (Å²) >= 11 is 0. The molecular weight excluding hydrogens is 247 g/mol. The summed E-state index contributed by atoms with van der Waals surface area (Å²) in [5, 5.41) is 5.37. The summed E-state index contributed by atoms with van der Waals surface area (Å²) in [5.74, 6) is -0.899. The highest BCUT2D eigenvalue weighted by Crippen LogP contribution is 2.19. The lowest BCUT2D eigenvalue weighted by molar-refractivity contribution is 0.565. The fraction of sp³-hybridized carbons (Fsp3) is 0. The van der Waals surface area contributed by atoms with Crippen LogP contribution in [0.5, 0.6) is 0 Å². The van der Waals surface area contributed by atoms with Gasteiger partial charge in [0, 0.05) is 6.20 Å². The first kappa shape index (κ1) is 11.5. The second-order valence-corrected chi connectivity index (χ2v) is 5.07. The number of hydrogen-bond donors (Lipinski definition) is 1. The van der Waals surface area contributed by atoms with Crippen LogP contribution in [0, 0.1) is 5.82 Å². The molecule has 0 unspecified atom stereocenters. The summed E-state index contributed by atoms with van der Waals surface area (Å²) in [6.45, 7) is 0. The summed E-state index contributed by atoms with van der Waals surface area (Å²) in [7, 11) is -4.16. The zero-order valence-corrected chi connectivity index (χ0v) is 9.24. The Morgan fingerprint density at radius 3 is 2.47 bits per heavy atom. The predicted molar refractivity (Wildman–Crippen MR) is 56.7 cm³/mol. The third-order valence-electron chi connectivity index (χ3n) is 2.11. The Labute approximate surface area is 95.8 Å². The van der Waals surface area contributed by atoms with E-state index in [1.165, 1.54) is 12.1 Å². The number of H-pyrrole nitrogens is 1. The standard InChI is InChI=1S/C10H7FN2O3S/c11-7-3-1-2-4-8(7)17(15,16)9-5-6-12-13-10(9)14/h1-6H,(H,13,14). The van der Waals surface area contributed by atoms with Gasteiger partial charge in [-0.25, -0.2) is 17.9 Å². The molecule has 0 saturated heterocycles. The van der Waals surface area contributed by atoms with Crippen molar-refractivity contribution in [1.82, 2.24) is 10.2 Å². The van der Waals surface area contributed by atoms with Gasteiger partial charge in [-0.2, -0.15) is 5.10 Å². The van der Waals surface area contributed by atoms with E-state index in [9.17, 15) is 17.6 Å². The summed E-state index contributed by atoms with van der Waals surface area (Å²) in [6, 6.07) is 5.89. The Balaban J connectivity index is 2.72. The number of hydrogen-bond acceptors (Lipinski definition) is 4. The molecule has 1 heterocycles. The van der Waals surface area contributed by atoms with Crippen LogP contribution in [0.15, 0.2) is 51.1 Å².